The average Bonchev–Trinajstić information content (AvgIpc) is 2.97. The number of ether oxygens (including phenoxy) is 1. The molecule has 2 atom stereocenters. The monoisotopic (exact) mass is 441 g/mol. The van der Waals surface area contributed by atoms with Gasteiger partial charge in [0.25, 0.3) is 16.1 Å². The van der Waals surface area contributed by atoms with Crippen LogP contribution in [-0.2, 0) is 27.8 Å². The fourth-order valence-corrected chi connectivity index (χ4v) is 7.50. The number of thiophene rings is 1. The lowest BCUT2D eigenvalue weighted by molar-refractivity contribution is -0.0457. The molecule has 1 aliphatic carbocycles. The van der Waals surface area contributed by atoms with Crippen molar-refractivity contribution in [2.45, 2.75) is 58.2 Å². The molecule has 2 unspecified atom stereocenters. The number of hydrogen-bond acceptors (Lipinski definition) is 5. The van der Waals surface area contributed by atoms with Crippen LogP contribution in [0.25, 0.3) is 0 Å². The third-order valence-corrected chi connectivity index (χ3v) is 9.22. The average molecular weight is 442 g/mol. The van der Waals surface area contributed by atoms with Crippen LogP contribution < -0.4 is 0 Å². The number of fused-ring (bicyclic) bond motifs is 1. The third kappa shape index (κ3) is 4.54. The molecule has 3 heterocycles. The predicted octanol–water partition coefficient (Wildman–Crippen LogP) is 2.13. The maximum Gasteiger partial charge on any atom is 0.282 e. The van der Waals surface area contributed by atoms with E-state index in [-0.39, 0.29) is 18.1 Å². The van der Waals surface area contributed by atoms with Gasteiger partial charge < -0.3 is 9.64 Å². The van der Waals surface area contributed by atoms with E-state index in [9.17, 15) is 13.2 Å². The largest absolute Gasteiger partial charge is 0.373 e. The third-order valence-electron chi connectivity index (χ3n) is 6.02. The first-order valence-electron chi connectivity index (χ1n) is 10.7. The van der Waals surface area contributed by atoms with Crippen molar-refractivity contribution in [2.24, 2.45) is 0 Å². The van der Waals surface area contributed by atoms with Crippen molar-refractivity contribution in [3.8, 4) is 0 Å². The van der Waals surface area contributed by atoms with E-state index in [2.05, 4.69) is 6.07 Å². The standard InChI is InChI=1S/C20H31N3O4S2/c1-15-13-23(14-16(2)27-15)29(25,26)22-10-8-21(9-11-22)20(24)19-12-17-6-4-3-5-7-18(17)28-19/h12,15-16H,3-11,13-14H2,1-2H3. The van der Waals surface area contributed by atoms with Crippen molar-refractivity contribution in [2.75, 3.05) is 39.3 Å². The van der Waals surface area contributed by atoms with Crippen molar-refractivity contribution >= 4 is 27.5 Å². The molecule has 29 heavy (non-hydrogen) atoms. The molecule has 3 aliphatic rings. The number of carbonyl (C=O) groups is 1. The van der Waals surface area contributed by atoms with Gasteiger partial charge in [0.2, 0.25) is 0 Å². The van der Waals surface area contributed by atoms with E-state index in [4.69, 9.17) is 4.74 Å². The van der Waals surface area contributed by atoms with Crippen LogP contribution in [0.4, 0.5) is 0 Å². The lowest BCUT2D eigenvalue weighted by Crippen LogP contribution is -2.57. The summed E-state index contributed by atoms with van der Waals surface area (Å²) in [5.74, 6) is 0.0498. The van der Waals surface area contributed by atoms with Gasteiger partial charge in [-0.3, -0.25) is 4.79 Å². The molecule has 0 radical (unpaired) electrons. The highest BCUT2D eigenvalue weighted by molar-refractivity contribution is 7.86. The zero-order valence-corrected chi connectivity index (χ0v) is 18.9. The zero-order valence-electron chi connectivity index (χ0n) is 17.3. The molecule has 4 rings (SSSR count). The van der Waals surface area contributed by atoms with Gasteiger partial charge in [-0.2, -0.15) is 17.0 Å². The Morgan fingerprint density at radius 1 is 1.00 bits per heavy atom. The highest BCUT2D eigenvalue weighted by atomic mass is 32.2. The van der Waals surface area contributed by atoms with Crippen LogP contribution in [0.2, 0.25) is 0 Å². The Balaban J connectivity index is 1.38. The second kappa shape index (κ2) is 8.63. The van der Waals surface area contributed by atoms with Crippen LogP contribution in [0.1, 0.15) is 53.2 Å². The molecule has 0 aromatic carbocycles. The minimum absolute atomic E-state index is 0.0498. The first-order valence-corrected chi connectivity index (χ1v) is 12.9. The lowest BCUT2D eigenvalue weighted by atomic mass is 10.1. The lowest BCUT2D eigenvalue weighted by Gasteiger charge is -2.40. The number of carbonyl (C=O) groups excluding carboxylic acids is 1. The van der Waals surface area contributed by atoms with E-state index >= 15 is 0 Å². The van der Waals surface area contributed by atoms with Crippen molar-refractivity contribution in [3.05, 3.63) is 21.4 Å². The summed E-state index contributed by atoms with van der Waals surface area (Å²) in [6.07, 6.45) is 5.61. The minimum atomic E-state index is -3.52. The highest BCUT2D eigenvalue weighted by Gasteiger charge is 2.37. The van der Waals surface area contributed by atoms with Crippen LogP contribution in [-0.4, -0.2) is 79.3 Å². The number of amides is 1. The summed E-state index contributed by atoms with van der Waals surface area (Å²) in [6.45, 7) is 6.14. The molecule has 0 spiro atoms. The molecule has 2 saturated heterocycles. The van der Waals surface area contributed by atoms with Gasteiger partial charge in [0.15, 0.2) is 0 Å². The van der Waals surface area contributed by atoms with E-state index in [1.54, 1.807) is 11.3 Å². The van der Waals surface area contributed by atoms with Crippen LogP contribution >= 0.6 is 11.3 Å². The van der Waals surface area contributed by atoms with Gasteiger partial charge in [0, 0.05) is 44.1 Å². The molecule has 1 aromatic heterocycles. The molecule has 1 amide bonds. The Labute approximate surface area is 177 Å². The fraction of sp³-hybridized carbons (Fsp3) is 0.750. The molecular weight excluding hydrogens is 410 g/mol. The molecule has 0 bridgehead atoms. The minimum Gasteiger partial charge on any atom is -0.373 e. The summed E-state index contributed by atoms with van der Waals surface area (Å²) >= 11 is 1.63. The highest BCUT2D eigenvalue weighted by Crippen LogP contribution is 2.30. The molecule has 162 valence electrons. The fourth-order valence-electron chi connectivity index (χ4n) is 4.53. The summed E-state index contributed by atoms with van der Waals surface area (Å²) < 4.78 is 34.8. The molecule has 0 N–H and O–H groups in total. The Morgan fingerprint density at radius 3 is 2.34 bits per heavy atom. The van der Waals surface area contributed by atoms with E-state index in [0.717, 1.165) is 17.7 Å². The Morgan fingerprint density at radius 2 is 1.66 bits per heavy atom. The maximum absolute atomic E-state index is 13.0. The molecule has 2 fully saturated rings. The molecule has 0 saturated carbocycles. The molecule has 1 aromatic rings. The summed E-state index contributed by atoms with van der Waals surface area (Å²) in [5.41, 5.74) is 1.34. The van der Waals surface area contributed by atoms with Crippen molar-refractivity contribution in [3.63, 3.8) is 0 Å². The van der Waals surface area contributed by atoms with Gasteiger partial charge in [-0.05, 0) is 51.2 Å². The second-order valence-corrected chi connectivity index (χ2v) is 11.5. The van der Waals surface area contributed by atoms with Gasteiger partial charge in [0.05, 0.1) is 17.1 Å². The van der Waals surface area contributed by atoms with Crippen molar-refractivity contribution in [1.29, 1.82) is 0 Å². The van der Waals surface area contributed by atoms with Crippen molar-refractivity contribution in [1.82, 2.24) is 13.5 Å². The first-order chi connectivity index (χ1) is 13.8. The van der Waals surface area contributed by atoms with Gasteiger partial charge in [-0.25, -0.2) is 0 Å². The molecular formula is C20H31N3O4S2. The number of aryl methyl sites for hydroxylation is 2. The number of nitrogens with zero attached hydrogens (tertiary/aromatic N) is 3. The summed E-state index contributed by atoms with van der Waals surface area (Å²) in [6, 6.07) is 2.08. The van der Waals surface area contributed by atoms with Gasteiger partial charge >= 0.3 is 0 Å². The number of piperazine rings is 1. The van der Waals surface area contributed by atoms with Gasteiger partial charge in [0.1, 0.15) is 0 Å². The Kier molecular flexibility index (Phi) is 6.32. The SMILES string of the molecule is CC1CN(S(=O)(=O)N2CCN(C(=O)c3cc4c(s3)CCCCC4)CC2)CC(C)O1. The normalized spacial score (nSPS) is 27.4. The zero-order chi connectivity index (χ0) is 20.6. The smallest absolute Gasteiger partial charge is 0.282 e. The van der Waals surface area contributed by atoms with E-state index in [1.165, 1.54) is 38.3 Å². The molecule has 7 nitrogen and oxygen atoms in total. The van der Waals surface area contributed by atoms with E-state index in [0.29, 0.717) is 39.3 Å². The number of hydrogen-bond donors (Lipinski definition) is 0. The summed E-state index contributed by atoms with van der Waals surface area (Å²) in [7, 11) is -3.52. The van der Waals surface area contributed by atoms with E-state index in [1.807, 2.05) is 18.7 Å². The summed E-state index contributed by atoms with van der Waals surface area (Å²) in [5, 5.41) is 0. The van der Waals surface area contributed by atoms with Crippen LogP contribution in [0.15, 0.2) is 6.07 Å². The van der Waals surface area contributed by atoms with Gasteiger partial charge in [-0.15, -0.1) is 11.3 Å². The Hall–Kier alpha value is -1.00. The first kappa shape index (κ1) is 21.2. The van der Waals surface area contributed by atoms with Crippen LogP contribution in [0.3, 0.4) is 0 Å². The van der Waals surface area contributed by atoms with Gasteiger partial charge in [-0.1, -0.05) is 6.42 Å². The Bertz CT molecular complexity index is 812. The quantitative estimate of drug-likeness (QED) is 0.674. The van der Waals surface area contributed by atoms with Crippen LogP contribution in [0.5, 0.6) is 0 Å². The number of rotatable bonds is 3. The number of morpholine rings is 1. The predicted molar refractivity (Wildman–Crippen MR) is 114 cm³/mol. The van der Waals surface area contributed by atoms with E-state index < -0.39 is 10.2 Å². The topological polar surface area (TPSA) is 70.2 Å². The maximum atomic E-state index is 13.0. The molecule has 2 aliphatic heterocycles. The van der Waals surface area contributed by atoms with Crippen molar-refractivity contribution < 1.29 is 17.9 Å². The van der Waals surface area contributed by atoms with Crippen LogP contribution in [0, 0.1) is 0 Å². The molecule has 9 heteroatoms. The summed E-state index contributed by atoms with van der Waals surface area (Å²) in [4.78, 5) is 17.0. The second-order valence-electron chi connectivity index (χ2n) is 8.39.